The van der Waals surface area contributed by atoms with Crippen LogP contribution in [0.5, 0.6) is 17.2 Å². The Morgan fingerprint density at radius 3 is 2.21 bits per heavy atom. The molecule has 0 amide bonds. The minimum atomic E-state index is -3.93. The smallest absolute Gasteiger partial charge is 0.265 e. The summed E-state index contributed by atoms with van der Waals surface area (Å²) in [4.78, 5) is 4.26. The predicted octanol–water partition coefficient (Wildman–Crippen LogP) is 4.94. The van der Waals surface area contributed by atoms with Crippen molar-refractivity contribution < 1.29 is 22.6 Å². The van der Waals surface area contributed by atoms with Gasteiger partial charge in [0.1, 0.15) is 4.90 Å². The molecule has 29 heavy (non-hydrogen) atoms. The van der Waals surface area contributed by atoms with E-state index in [1.807, 2.05) is 0 Å². The summed E-state index contributed by atoms with van der Waals surface area (Å²) in [5.41, 5.74) is 1.21. The van der Waals surface area contributed by atoms with Gasteiger partial charge in [0.25, 0.3) is 10.0 Å². The standard InChI is InChI=1S/C18H16Cl2N2O5S2/c1-25-14-6-10(7-15(26-2)17(14)27-3)13-9-28-18(21-13)22-29(23,24)16-5-4-11(19)8-12(16)20/h4-9H,1-3H3,(H,21,22). The van der Waals surface area contributed by atoms with Crippen molar-refractivity contribution in [1.82, 2.24) is 4.98 Å². The molecule has 1 aromatic heterocycles. The number of ether oxygens (including phenoxy) is 3. The van der Waals surface area contributed by atoms with Gasteiger partial charge in [-0.3, -0.25) is 4.72 Å². The van der Waals surface area contributed by atoms with Crippen LogP contribution >= 0.6 is 34.5 Å². The maximum atomic E-state index is 12.6. The maximum absolute atomic E-state index is 12.6. The second-order valence-electron chi connectivity index (χ2n) is 5.63. The zero-order valence-corrected chi connectivity index (χ0v) is 18.7. The first-order valence-corrected chi connectivity index (χ1v) is 11.1. The van der Waals surface area contributed by atoms with Crippen LogP contribution in [-0.4, -0.2) is 34.7 Å². The van der Waals surface area contributed by atoms with Crippen molar-refractivity contribution in [3.05, 3.63) is 45.8 Å². The number of aromatic nitrogens is 1. The molecule has 11 heteroatoms. The van der Waals surface area contributed by atoms with E-state index in [4.69, 9.17) is 37.4 Å². The topological polar surface area (TPSA) is 86.8 Å². The highest BCUT2D eigenvalue weighted by atomic mass is 35.5. The van der Waals surface area contributed by atoms with Crippen molar-refractivity contribution >= 4 is 49.7 Å². The van der Waals surface area contributed by atoms with Crippen molar-refractivity contribution in [2.45, 2.75) is 4.90 Å². The molecule has 0 radical (unpaired) electrons. The Bertz CT molecular complexity index is 1120. The normalized spacial score (nSPS) is 11.2. The third-order valence-corrected chi connectivity index (χ3v) is 6.81. The largest absolute Gasteiger partial charge is 0.493 e. The van der Waals surface area contributed by atoms with Crippen LogP contribution in [0.2, 0.25) is 10.0 Å². The number of sulfonamides is 1. The van der Waals surface area contributed by atoms with E-state index in [2.05, 4.69) is 9.71 Å². The van der Waals surface area contributed by atoms with Crippen LogP contribution in [0.25, 0.3) is 11.3 Å². The average molecular weight is 475 g/mol. The van der Waals surface area contributed by atoms with Crippen LogP contribution in [0.1, 0.15) is 0 Å². The minimum Gasteiger partial charge on any atom is -0.493 e. The summed E-state index contributed by atoms with van der Waals surface area (Å²) < 4.78 is 43.7. The Hall–Kier alpha value is -2.20. The van der Waals surface area contributed by atoms with E-state index < -0.39 is 10.0 Å². The highest BCUT2D eigenvalue weighted by molar-refractivity contribution is 7.93. The summed E-state index contributed by atoms with van der Waals surface area (Å²) in [5.74, 6) is 1.38. The summed E-state index contributed by atoms with van der Waals surface area (Å²) in [6.45, 7) is 0. The molecule has 154 valence electrons. The molecule has 7 nitrogen and oxygen atoms in total. The molecule has 2 aromatic carbocycles. The summed E-state index contributed by atoms with van der Waals surface area (Å²) >= 11 is 13.0. The van der Waals surface area contributed by atoms with Gasteiger partial charge in [0, 0.05) is 16.0 Å². The van der Waals surface area contributed by atoms with Crippen molar-refractivity contribution in [1.29, 1.82) is 0 Å². The van der Waals surface area contributed by atoms with Gasteiger partial charge in [-0.25, -0.2) is 13.4 Å². The number of hydrogen-bond donors (Lipinski definition) is 1. The van der Waals surface area contributed by atoms with Gasteiger partial charge >= 0.3 is 0 Å². The first-order valence-electron chi connectivity index (χ1n) is 8.03. The zero-order chi connectivity index (χ0) is 21.2. The molecule has 0 spiro atoms. The second kappa shape index (κ2) is 8.66. The van der Waals surface area contributed by atoms with Gasteiger partial charge < -0.3 is 14.2 Å². The number of benzene rings is 2. The van der Waals surface area contributed by atoms with Crippen LogP contribution < -0.4 is 18.9 Å². The predicted molar refractivity (Wildman–Crippen MR) is 114 cm³/mol. The summed E-state index contributed by atoms with van der Waals surface area (Å²) in [5, 5.41) is 2.25. The number of methoxy groups -OCH3 is 3. The molecule has 3 aromatic rings. The van der Waals surface area contributed by atoms with Crippen molar-refractivity contribution in [3.8, 4) is 28.5 Å². The lowest BCUT2D eigenvalue weighted by Gasteiger charge is -2.13. The van der Waals surface area contributed by atoms with Gasteiger partial charge in [-0.2, -0.15) is 0 Å². The van der Waals surface area contributed by atoms with Crippen LogP contribution in [0.15, 0.2) is 40.6 Å². The molecule has 1 heterocycles. The molecule has 0 saturated heterocycles. The molecular weight excluding hydrogens is 459 g/mol. The Morgan fingerprint density at radius 1 is 1.00 bits per heavy atom. The van der Waals surface area contributed by atoms with E-state index in [0.717, 1.165) is 11.3 Å². The summed E-state index contributed by atoms with van der Waals surface area (Å²) in [7, 11) is 0.606. The number of nitrogens with one attached hydrogen (secondary N) is 1. The van der Waals surface area contributed by atoms with E-state index >= 15 is 0 Å². The lowest BCUT2D eigenvalue weighted by Crippen LogP contribution is -2.13. The van der Waals surface area contributed by atoms with Crippen LogP contribution in [0, 0.1) is 0 Å². The second-order valence-corrected chi connectivity index (χ2v) is 8.98. The highest BCUT2D eigenvalue weighted by Gasteiger charge is 2.21. The molecule has 0 fully saturated rings. The van der Waals surface area contributed by atoms with Crippen LogP contribution in [0.3, 0.4) is 0 Å². The number of hydrogen-bond acceptors (Lipinski definition) is 7. The van der Waals surface area contributed by atoms with Crippen molar-refractivity contribution in [2.75, 3.05) is 26.1 Å². The minimum absolute atomic E-state index is 0.0198. The van der Waals surface area contributed by atoms with Gasteiger partial charge in [-0.05, 0) is 30.3 Å². The number of thiazole rings is 1. The molecular formula is C18H16Cl2N2O5S2. The van der Waals surface area contributed by atoms with Gasteiger partial charge in [-0.15, -0.1) is 11.3 Å². The van der Waals surface area contributed by atoms with Crippen molar-refractivity contribution in [3.63, 3.8) is 0 Å². The van der Waals surface area contributed by atoms with E-state index in [1.165, 1.54) is 39.5 Å². The van der Waals surface area contributed by atoms with E-state index in [1.54, 1.807) is 17.5 Å². The van der Waals surface area contributed by atoms with Gasteiger partial charge in [-0.1, -0.05) is 23.2 Å². The SMILES string of the molecule is COc1cc(-c2csc(NS(=O)(=O)c3ccc(Cl)cc3Cl)n2)cc(OC)c1OC. The third-order valence-electron chi connectivity index (χ3n) is 3.87. The number of halogens is 2. The number of rotatable bonds is 7. The van der Waals surface area contributed by atoms with E-state index in [0.29, 0.717) is 33.5 Å². The molecule has 0 aliphatic heterocycles. The van der Waals surface area contributed by atoms with Gasteiger partial charge in [0.15, 0.2) is 16.6 Å². The van der Waals surface area contributed by atoms with E-state index in [-0.39, 0.29) is 15.0 Å². The molecule has 0 aliphatic rings. The fraction of sp³-hybridized carbons (Fsp3) is 0.167. The zero-order valence-electron chi connectivity index (χ0n) is 15.5. The molecule has 0 unspecified atom stereocenters. The Morgan fingerprint density at radius 2 is 1.66 bits per heavy atom. The van der Waals surface area contributed by atoms with Crippen LogP contribution in [-0.2, 0) is 10.0 Å². The van der Waals surface area contributed by atoms with Crippen LogP contribution in [0.4, 0.5) is 5.13 Å². The van der Waals surface area contributed by atoms with Gasteiger partial charge in [0.2, 0.25) is 5.75 Å². The average Bonchev–Trinajstić information content (AvgIpc) is 3.14. The lowest BCUT2D eigenvalue weighted by atomic mass is 10.1. The number of anilines is 1. The Balaban J connectivity index is 1.93. The first kappa shape index (κ1) is 21.5. The number of nitrogens with zero attached hydrogens (tertiary/aromatic N) is 1. The first-order chi connectivity index (χ1) is 13.8. The Kier molecular flexibility index (Phi) is 6.42. The summed E-state index contributed by atoms with van der Waals surface area (Å²) in [6, 6.07) is 7.60. The van der Waals surface area contributed by atoms with Crippen molar-refractivity contribution in [2.24, 2.45) is 0 Å². The molecule has 0 atom stereocenters. The summed E-state index contributed by atoms with van der Waals surface area (Å²) in [6.07, 6.45) is 0. The molecule has 1 N–H and O–H groups in total. The monoisotopic (exact) mass is 474 g/mol. The Labute approximate surface area is 182 Å². The maximum Gasteiger partial charge on any atom is 0.265 e. The quantitative estimate of drug-likeness (QED) is 0.521. The third kappa shape index (κ3) is 4.53. The molecule has 3 rings (SSSR count). The van der Waals surface area contributed by atoms with Gasteiger partial charge in [0.05, 0.1) is 32.0 Å². The van der Waals surface area contributed by atoms with E-state index in [9.17, 15) is 8.42 Å². The molecule has 0 saturated carbocycles. The molecule has 0 bridgehead atoms. The highest BCUT2D eigenvalue weighted by Crippen LogP contribution is 2.41. The lowest BCUT2D eigenvalue weighted by molar-refractivity contribution is 0.324. The fourth-order valence-corrected chi connectivity index (χ4v) is 5.29. The molecule has 0 aliphatic carbocycles. The fourth-order valence-electron chi connectivity index (χ4n) is 2.55.